The van der Waals surface area contributed by atoms with Crippen LogP contribution in [0, 0.1) is 0 Å². The van der Waals surface area contributed by atoms with Gasteiger partial charge in [0.1, 0.15) is 5.75 Å². The van der Waals surface area contributed by atoms with Gasteiger partial charge in [-0.2, -0.15) is 0 Å². The molecule has 2 N–H and O–H groups in total. The second-order valence-corrected chi connectivity index (χ2v) is 7.48. The van der Waals surface area contributed by atoms with Crippen LogP contribution in [0.5, 0.6) is 5.75 Å². The fraction of sp³-hybridized carbons (Fsp3) is 0. The molecule has 2 aromatic carbocycles. The molecule has 4 aromatic rings. The highest BCUT2D eigenvalue weighted by atomic mass is 79.9. The van der Waals surface area contributed by atoms with Crippen LogP contribution in [0.4, 0.5) is 5.69 Å². The van der Waals surface area contributed by atoms with E-state index in [1.165, 1.54) is 12.3 Å². The van der Waals surface area contributed by atoms with Crippen molar-refractivity contribution in [3.63, 3.8) is 0 Å². The van der Waals surface area contributed by atoms with E-state index in [0.717, 1.165) is 0 Å². The Kier molecular flexibility index (Phi) is 5.01. The number of nitrogens with one attached hydrogen (secondary N) is 1. The number of hydrogen-bond donors (Lipinski definition) is 2. The summed E-state index contributed by atoms with van der Waals surface area (Å²) in [6, 6.07) is 13.6. The minimum atomic E-state index is -0.460. The van der Waals surface area contributed by atoms with Gasteiger partial charge in [0.2, 0.25) is 5.89 Å². The van der Waals surface area contributed by atoms with Gasteiger partial charge in [-0.05, 0) is 58.4 Å². The smallest absolute Gasteiger partial charge is 0.283 e. The second-order valence-electron chi connectivity index (χ2n) is 5.71. The van der Waals surface area contributed by atoms with Gasteiger partial charge >= 0.3 is 0 Å². The van der Waals surface area contributed by atoms with Crippen molar-refractivity contribution in [1.29, 1.82) is 0 Å². The van der Waals surface area contributed by atoms with Gasteiger partial charge in [0.05, 0.1) is 16.3 Å². The molecule has 140 valence electrons. The standard InChI is InChI=1S/C19H11Br2N3O4/c20-11-8-13(16(25)14(21)9-11)17(26)22-12-4-1-3-10(7-12)18-23-24-19(28-18)15-5-2-6-27-15/h1-9,25H,(H,22,26). The highest BCUT2D eigenvalue weighted by Gasteiger charge is 2.17. The van der Waals surface area contributed by atoms with Crippen LogP contribution < -0.4 is 5.32 Å². The lowest BCUT2D eigenvalue weighted by molar-refractivity contribution is 0.102. The first kappa shape index (κ1) is 18.5. The van der Waals surface area contributed by atoms with Crippen molar-refractivity contribution < 1.29 is 18.7 Å². The van der Waals surface area contributed by atoms with E-state index >= 15 is 0 Å². The molecule has 2 heterocycles. The molecule has 0 radical (unpaired) electrons. The maximum atomic E-state index is 12.6. The zero-order valence-electron chi connectivity index (χ0n) is 14.0. The zero-order valence-corrected chi connectivity index (χ0v) is 17.2. The van der Waals surface area contributed by atoms with Crippen molar-refractivity contribution in [1.82, 2.24) is 10.2 Å². The van der Waals surface area contributed by atoms with Gasteiger partial charge < -0.3 is 19.3 Å². The van der Waals surface area contributed by atoms with Gasteiger partial charge in [-0.25, -0.2) is 0 Å². The van der Waals surface area contributed by atoms with Gasteiger partial charge in [-0.15, -0.1) is 10.2 Å². The molecule has 0 aliphatic carbocycles. The number of aromatic hydroxyl groups is 1. The van der Waals surface area contributed by atoms with E-state index in [1.54, 1.807) is 42.5 Å². The number of carbonyl (C=O) groups excluding carboxylic acids is 1. The first-order valence-corrected chi connectivity index (χ1v) is 9.57. The summed E-state index contributed by atoms with van der Waals surface area (Å²) in [4.78, 5) is 12.6. The Morgan fingerprint density at radius 1 is 1.04 bits per heavy atom. The van der Waals surface area contributed by atoms with Gasteiger partial charge in [0, 0.05) is 15.7 Å². The summed E-state index contributed by atoms with van der Waals surface area (Å²) in [5.41, 5.74) is 1.27. The number of nitrogens with zero attached hydrogens (tertiary/aromatic N) is 2. The number of hydrogen-bond acceptors (Lipinski definition) is 6. The molecule has 0 saturated carbocycles. The maximum Gasteiger partial charge on any atom is 0.283 e. The van der Waals surface area contributed by atoms with E-state index in [9.17, 15) is 9.90 Å². The Balaban J connectivity index is 1.59. The molecule has 28 heavy (non-hydrogen) atoms. The van der Waals surface area contributed by atoms with Crippen molar-refractivity contribution in [3.8, 4) is 28.9 Å². The second kappa shape index (κ2) is 7.61. The quantitative estimate of drug-likeness (QED) is 0.381. The molecule has 1 amide bonds. The lowest BCUT2D eigenvalue weighted by atomic mass is 10.1. The molecule has 0 bridgehead atoms. The van der Waals surface area contributed by atoms with Crippen LogP contribution in [0.3, 0.4) is 0 Å². The third kappa shape index (κ3) is 3.71. The molecule has 9 heteroatoms. The number of carbonyl (C=O) groups is 1. The van der Waals surface area contributed by atoms with E-state index in [4.69, 9.17) is 8.83 Å². The predicted molar refractivity (Wildman–Crippen MR) is 109 cm³/mol. The molecule has 2 aromatic heterocycles. The van der Waals surface area contributed by atoms with Crippen molar-refractivity contribution in [3.05, 3.63) is 69.3 Å². The van der Waals surface area contributed by atoms with Gasteiger partial charge in [-0.3, -0.25) is 4.79 Å². The van der Waals surface area contributed by atoms with Crippen LogP contribution in [-0.4, -0.2) is 21.2 Å². The lowest BCUT2D eigenvalue weighted by Gasteiger charge is -2.09. The number of aromatic nitrogens is 2. The van der Waals surface area contributed by atoms with E-state index in [0.29, 0.717) is 26.0 Å². The maximum absolute atomic E-state index is 12.6. The normalized spacial score (nSPS) is 10.8. The minimum absolute atomic E-state index is 0.129. The van der Waals surface area contributed by atoms with Gasteiger partial charge in [0.15, 0.2) is 5.76 Å². The Bertz CT molecular complexity index is 1160. The molecule has 0 spiro atoms. The van der Waals surface area contributed by atoms with Crippen molar-refractivity contribution >= 4 is 43.5 Å². The first-order valence-electron chi connectivity index (χ1n) is 7.98. The molecular formula is C19H11Br2N3O4. The molecule has 0 atom stereocenters. The zero-order chi connectivity index (χ0) is 19.7. The summed E-state index contributed by atoms with van der Waals surface area (Å²) in [6.07, 6.45) is 1.52. The molecule has 0 saturated heterocycles. The van der Waals surface area contributed by atoms with Gasteiger partial charge in [-0.1, -0.05) is 22.0 Å². The summed E-state index contributed by atoms with van der Waals surface area (Å²) in [7, 11) is 0. The van der Waals surface area contributed by atoms with Gasteiger partial charge in [0.25, 0.3) is 11.8 Å². The minimum Gasteiger partial charge on any atom is -0.506 e. The van der Waals surface area contributed by atoms with Crippen LogP contribution >= 0.6 is 31.9 Å². The molecule has 0 unspecified atom stereocenters. The number of rotatable bonds is 4. The van der Waals surface area contributed by atoms with E-state index in [-0.39, 0.29) is 23.1 Å². The number of phenolic OH excluding ortho intramolecular Hbond substituents is 1. The van der Waals surface area contributed by atoms with Crippen LogP contribution in [0.15, 0.2) is 72.6 Å². The van der Waals surface area contributed by atoms with Crippen LogP contribution in [0.25, 0.3) is 23.1 Å². The number of furan rings is 1. The number of amides is 1. The van der Waals surface area contributed by atoms with Crippen molar-refractivity contribution in [2.45, 2.75) is 0 Å². The third-order valence-corrected chi connectivity index (χ3v) is 4.86. The molecule has 0 aliphatic heterocycles. The summed E-state index contributed by atoms with van der Waals surface area (Å²) in [5.74, 6) is 0.420. The third-order valence-electron chi connectivity index (χ3n) is 3.80. The van der Waals surface area contributed by atoms with E-state index in [2.05, 4.69) is 47.4 Å². The Hall–Kier alpha value is -2.91. The highest BCUT2D eigenvalue weighted by molar-refractivity contribution is 9.11. The SMILES string of the molecule is O=C(Nc1cccc(-c2nnc(-c3ccco3)o2)c1)c1cc(Br)cc(Br)c1O. The average Bonchev–Trinajstić information content (AvgIpc) is 3.36. The summed E-state index contributed by atoms with van der Waals surface area (Å²) in [5, 5.41) is 20.9. The monoisotopic (exact) mass is 503 g/mol. The average molecular weight is 505 g/mol. The number of phenols is 1. The van der Waals surface area contributed by atoms with Crippen LogP contribution in [0.1, 0.15) is 10.4 Å². The van der Waals surface area contributed by atoms with E-state index < -0.39 is 5.91 Å². The summed E-state index contributed by atoms with van der Waals surface area (Å²) in [6.45, 7) is 0. The fourth-order valence-electron chi connectivity index (χ4n) is 2.51. The van der Waals surface area contributed by atoms with Crippen molar-refractivity contribution in [2.75, 3.05) is 5.32 Å². The number of anilines is 1. The Morgan fingerprint density at radius 2 is 1.86 bits per heavy atom. The van der Waals surface area contributed by atoms with E-state index in [1.807, 2.05) is 0 Å². The van der Waals surface area contributed by atoms with Crippen LogP contribution in [0.2, 0.25) is 0 Å². The number of halogens is 2. The largest absolute Gasteiger partial charge is 0.506 e. The van der Waals surface area contributed by atoms with Crippen molar-refractivity contribution in [2.24, 2.45) is 0 Å². The molecule has 0 fully saturated rings. The predicted octanol–water partition coefficient (Wildman–Crippen LogP) is 5.48. The first-order chi connectivity index (χ1) is 13.5. The Labute approximate surface area is 175 Å². The summed E-state index contributed by atoms with van der Waals surface area (Å²) < 4.78 is 11.9. The highest BCUT2D eigenvalue weighted by Crippen LogP contribution is 2.32. The van der Waals surface area contributed by atoms with Crippen LogP contribution in [-0.2, 0) is 0 Å². The fourth-order valence-corrected chi connectivity index (χ4v) is 3.73. The molecule has 7 nitrogen and oxygen atoms in total. The lowest BCUT2D eigenvalue weighted by Crippen LogP contribution is -2.12. The number of benzene rings is 2. The summed E-state index contributed by atoms with van der Waals surface area (Å²) >= 11 is 6.52. The molecule has 0 aliphatic rings. The molecule has 4 rings (SSSR count). The Morgan fingerprint density at radius 3 is 2.64 bits per heavy atom. The molecular weight excluding hydrogens is 494 g/mol. The topological polar surface area (TPSA) is 101 Å².